The summed E-state index contributed by atoms with van der Waals surface area (Å²) >= 11 is 1.50. The Balaban J connectivity index is 1.56. The normalized spacial score (nSPS) is 25.9. The van der Waals surface area contributed by atoms with Crippen LogP contribution in [-0.2, 0) is 0 Å². The molecule has 0 spiro atoms. The molecule has 2 saturated carbocycles. The van der Waals surface area contributed by atoms with Crippen molar-refractivity contribution in [3.8, 4) is 10.6 Å². The molecule has 0 saturated heterocycles. The SMILES string of the molecule is Cc1nc(NC2CCC2)nc(NC2(O)CCC(C(C)(C)O)C2O)c1-c1nc2cnccc2s1. The van der Waals surface area contributed by atoms with Crippen LogP contribution in [0.4, 0.5) is 11.8 Å². The fraction of sp³-hybridized carbons (Fsp3) is 0.565. The molecule has 3 unspecified atom stereocenters. The number of aromatic nitrogens is 4. The highest BCUT2D eigenvalue weighted by molar-refractivity contribution is 7.21. The van der Waals surface area contributed by atoms with Gasteiger partial charge in [0.25, 0.3) is 0 Å². The molecule has 9 nitrogen and oxygen atoms in total. The van der Waals surface area contributed by atoms with Crippen molar-refractivity contribution in [2.24, 2.45) is 5.92 Å². The number of nitrogens with zero attached hydrogens (tertiary/aromatic N) is 4. The summed E-state index contributed by atoms with van der Waals surface area (Å²) in [6.07, 6.45) is 6.38. The molecule has 0 aromatic carbocycles. The van der Waals surface area contributed by atoms with Gasteiger partial charge in [-0.05, 0) is 58.9 Å². The minimum Gasteiger partial charge on any atom is -0.390 e. The molecule has 3 aromatic heterocycles. The van der Waals surface area contributed by atoms with Crippen molar-refractivity contribution >= 4 is 33.3 Å². The lowest BCUT2D eigenvalue weighted by Crippen LogP contribution is -2.51. The molecule has 176 valence electrons. The molecule has 0 radical (unpaired) electrons. The molecule has 5 rings (SSSR count). The van der Waals surface area contributed by atoms with E-state index in [1.807, 2.05) is 13.0 Å². The van der Waals surface area contributed by atoms with Gasteiger partial charge in [-0.15, -0.1) is 11.3 Å². The van der Waals surface area contributed by atoms with E-state index in [-0.39, 0.29) is 6.42 Å². The van der Waals surface area contributed by atoms with Crippen LogP contribution < -0.4 is 10.6 Å². The van der Waals surface area contributed by atoms with Gasteiger partial charge in [-0.3, -0.25) is 4.98 Å². The summed E-state index contributed by atoms with van der Waals surface area (Å²) in [5.41, 5.74) is -0.570. The molecule has 2 aliphatic carbocycles. The van der Waals surface area contributed by atoms with Gasteiger partial charge < -0.3 is 26.0 Å². The van der Waals surface area contributed by atoms with Gasteiger partial charge in [-0.2, -0.15) is 4.98 Å². The number of nitrogens with one attached hydrogen (secondary N) is 2. The molecule has 2 fully saturated rings. The van der Waals surface area contributed by atoms with Crippen LogP contribution in [-0.4, -0.2) is 58.7 Å². The summed E-state index contributed by atoms with van der Waals surface area (Å²) in [5, 5.41) is 40.0. The molecular formula is C23H30N6O3S. The van der Waals surface area contributed by atoms with Crippen LogP contribution in [0, 0.1) is 12.8 Å². The lowest BCUT2D eigenvalue weighted by molar-refractivity contribution is -0.0926. The van der Waals surface area contributed by atoms with Gasteiger partial charge in [0.1, 0.15) is 22.4 Å². The van der Waals surface area contributed by atoms with E-state index in [2.05, 4.69) is 20.6 Å². The fourth-order valence-corrected chi connectivity index (χ4v) is 5.73. The van der Waals surface area contributed by atoms with Crippen LogP contribution in [0.1, 0.15) is 51.6 Å². The van der Waals surface area contributed by atoms with E-state index in [1.165, 1.54) is 17.8 Å². The predicted molar refractivity (Wildman–Crippen MR) is 128 cm³/mol. The molecule has 0 bridgehead atoms. The first kappa shape index (κ1) is 22.4. The zero-order valence-corrected chi connectivity index (χ0v) is 19.9. The Hall–Kier alpha value is -2.40. The van der Waals surface area contributed by atoms with E-state index in [1.54, 1.807) is 26.2 Å². The molecule has 3 aromatic rings. The van der Waals surface area contributed by atoms with E-state index < -0.39 is 23.3 Å². The van der Waals surface area contributed by atoms with Crippen molar-refractivity contribution < 1.29 is 15.3 Å². The second-order valence-corrected chi connectivity index (χ2v) is 10.8. The average molecular weight is 471 g/mol. The van der Waals surface area contributed by atoms with Crippen LogP contribution in [0.5, 0.6) is 0 Å². The number of hydrogen-bond donors (Lipinski definition) is 5. The highest BCUT2D eigenvalue weighted by Crippen LogP contribution is 2.43. The molecule has 3 heterocycles. The first-order chi connectivity index (χ1) is 15.6. The summed E-state index contributed by atoms with van der Waals surface area (Å²) in [5.74, 6) is 0.429. The second kappa shape index (κ2) is 8.12. The van der Waals surface area contributed by atoms with Gasteiger partial charge in [0.2, 0.25) is 5.95 Å². The maximum atomic E-state index is 11.4. The van der Waals surface area contributed by atoms with Gasteiger partial charge in [-0.25, -0.2) is 9.97 Å². The Morgan fingerprint density at radius 3 is 2.61 bits per heavy atom. The monoisotopic (exact) mass is 470 g/mol. The quantitative estimate of drug-likeness (QED) is 0.344. The number of anilines is 2. The van der Waals surface area contributed by atoms with E-state index in [9.17, 15) is 15.3 Å². The van der Waals surface area contributed by atoms with Crippen LogP contribution in [0.15, 0.2) is 18.5 Å². The van der Waals surface area contributed by atoms with E-state index >= 15 is 0 Å². The number of pyridine rings is 1. The number of hydrogen-bond acceptors (Lipinski definition) is 10. The molecule has 0 amide bonds. The van der Waals surface area contributed by atoms with Crippen molar-refractivity contribution in [2.45, 2.75) is 76.3 Å². The van der Waals surface area contributed by atoms with Crippen molar-refractivity contribution in [1.82, 2.24) is 19.9 Å². The summed E-state index contributed by atoms with van der Waals surface area (Å²) in [4.78, 5) is 18.3. The van der Waals surface area contributed by atoms with E-state index in [0.29, 0.717) is 34.8 Å². The molecular weight excluding hydrogens is 440 g/mol. The summed E-state index contributed by atoms with van der Waals surface area (Å²) in [6, 6.07) is 2.26. The maximum Gasteiger partial charge on any atom is 0.225 e. The summed E-state index contributed by atoms with van der Waals surface area (Å²) in [7, 11) is 0. The number of aliphatic hydroxyl groups is 3. The third-order valence-corrected chi connectivity index (χ3v) is 7.94. The molecule has 0 aliphatic heterocycles. The van der Waals surface area contributed by atoms with Crippen molar-refractivity contribution in [2.75, 3.05) is 10.6 Å². The highest BCUT2D eigenvalue weighted by atomic mass is 32.1. The van der Waals surface area contributed by atoms with Gasteiger partial charge in [0, 0.05) is 18.2 Å². The minimum atomic E-state index is -1.63. The third kappa shape index (κ3) is 4.16. The zero-order chi connectivity index (χ0) is 23.4. The van der Waals surface area contributed by atoms with Crippen molar-refractivity contribution in [3.05, 3.63) is 24.2 Å². The number of aryl methyl sites for hydroxylation is 1. The van der Waals surface area contributed by atoms with Crippen molar-refractivity contribution in [1.29, 1.82) is 0 Å². The zero-order valence-electron chi connectivity index (χ0n) is 19.0. The Bertz CT molecular complexity index is 1140. The second-order valence-electron chi connectivity index (χ2n) is 9.78. The lowest BCUT2D eigenvalue weighted by atomic mass is 9.87. The van der Waals surface area contributed by atoms with Crippen LogP contribution in [0.3, 0.4) is 0 Å². The largest absolute Gasteiger partial charge is 0.390 e. The number of rotatable bonds is 6. The molecule has 3 atom stereocenters. The average Bonchev–Trinajstić information content (AvgIpc) is 3.25. The first-order valence-corrected chi connectivity index (χ1v) is 12.2. The third-order valence-electron chi connectivity index (χ3n) is 6.88. The maximum absolute atomic E-state index is 11.4. The smallest absolute Gasteiger partial charge is 0.225 e. The Morgan fingerprint density at radius 2 is 1.97 bits per heavy atom. The fourth-order valence-electron chi connectivity index (χ4n) is 4.70. The molecule has 5 N–H and O–H groups in total. The van der Waals surface area contributed by atoms with Crippen molar-refractivity contribution in [3.63, 3.8) is 0 Å². The van der Waals surface area contributed by atoms with E-state index in [4.69, 9.17) is 9.97 Å². The van der Waals surface area contributed by atoms with Crippen LogP contribution in [0.25, 0.3) is 20.8 Å². The van der Waals surface area contributed by atoms with Crippen LogP contribution in [0.2, 0.25) is 0 Å². The Kier molecular flexibility index (Phi) is 5.51. The molecule has 10 heteroatoms. The summed E-state index contributed by atoms with van der Waals surface area (Å²) < 4.78 is 0.990. The van der Waals surface area contributed by atoms with Gasteiger partial charge in [0.05, 0.1) is 27.8 Å². The standard InChI is InChI=1S/C23H30N6O3S/c1-12-17(20-27-15-11-24-10-8-16(15)33-20)19(28-21(25-12)26-13-5-4-6-13)29-23(32)9-7-14(18(23)30)22(2,3)31/h8,10-11,13-14,18,30-32H,4-7,9H2,1-3H3,(H2,25,26,28,29). The van der Waals surface area contributed by atoms with Gasteiger partial charge in [-0.1, -0.05) is 0 Å². The van der Waals surface area contributed by atoms with Gasteiger partial charge in [0.15, 0.2) is 5.72 Å². The van der Waals surface area contributed by atoms with E-state index in [0.717, 1.165) is 28.8 Å². The van der Waals surface area contributed by atoms with Crippen LogP contribution >= 0.6 is 11.3 Å². The molecule has 33 heavy (non-hydrogen) atoms. The Labute approximate surface area is 196 Å². The number of thiazole rings is 1. The minimum absolute atomic E-state index is 0.278. The highest BCUT2D eigenvalue weighted by Gasteiger charge is 2.52. The van der Waals surface area contributed by atoms with Gasteiger partial charge >= 0.3 is 0 Å². The number of aliphatic hydroxyl groups excluding tert-OH is 1. The predicted octanol–water partition coefficient (Wildman–Crippen LogP) is 3.06. The lowest BCUT2D eigenvalue weighted by Gasteiger charge is -2.35. The molecule has 2 aliphatic rings. The summed E-state index contributed by atoms with van der Waals surface area (Å²) in [6.45, 7) is 5.21. The first-order valence-electron chi connectivity index (χ1n) is 11.4. The number of fused-ring (bicyclic) bond motifs is 1. The topological polar surface area (TPSA) is 136 Å². The Morgan fingerprint density at radius 1 is 1.18 bits per heavy atom.